The molecule has 3 nitrogen and oxygen atoms in total. The fourth-order valence-electron chi connectivity index (χ4n) is 3.59. The van der Waals surface area contributed by atoms with Gasteiger partial charge >= 0.3 is 5.97 Å². The molecule has 2 fully saturated rings. The number of thiophene rings is 1. The molecule has 4 atom stereocenters. The topological polar surface area (TPSA) is 40.5 Å². The Morgan fingerprint density at radius 2 is 2.35 bits per heavy atom. The zero-order valence-electron chi connectivity index (χ0n) is 9.87. The third kappa shape index (κ3) is 1.70. The number of rotatable bonds is 2. The van der Waals surface area contributed by atoms with Crippen LogP contribution in [0, 0.1) is 5.92 Å². The second kappa shape index (κ2) is 4.10. The minimum atomic E-state index is -0.617. The monoisotopic (exact) mass is 251 g/mol. The summed E-state index contributed by atoms with van der Waals surface area (Å²) in [5.74, 6) is -0.619. The maximum absolute atomic E-state index is 11.5. The Morgan fingerprint density at radius 3 is 3.00 bits per heavy atom. The lowest BCUT2D eigenvalue weighted by Crippen LogP contribution is -2.47. The molecule has 2 bridgehead atoms. The van der Waals surface area contributed by atoms with Crippen molar-refractivity contribution in [2.24, 2.45) is 5.92 Å². The van der Waals surface area contributed by atoms with Crippen LogP contribution in [0.5, 0.6) is 0 Å². The summed E-state index contributed by atoms with van der Waals surface area (Å²) in [6, 6.07) is 5.03. The van der Waals surface area contributed by atoms with Crippen molar-refractivity contribution < 1.29 is 9.90 Å². The van der Waals surface area contributed by atoms with Crippen molar-refractivity contribution in [3.63, 3.8) is 0 Å². The van der Waals surface area contributed by atoms with Crippen LogP contribution in [0.4, 0.5) is 0 Å². The van der Waals surface area contributed by atoms with Gasteiger partial charge in [-0.05, 0) is 37.8 Å². The van der Waals surface area contributed by atoms with Gasteiger partial charge in [0.1, 0.15) is 0 Å². The Morgan fingerprint density at radius 1 is 1.53 bits per heavy atom. The van der Waals surface area contributed by atoms with Gasteiger partial charge in [-0.1, -0.05) is 6.07 Å². The molecule has 0 spiro atoms. The standard InChI is InChI=1S/C13H17NO2S/c1-14-8-4-5-10(14)12(9(7-8)13(15)16)11-3-2-6-17-11/h2-3,6,8-10,12H,4-5,7H2,1H3,(H,15,16)/t8-,9-,10+,12-/m1/s1. The number of fused-ring (bicyclic) bond motifs is 2. The minimum absolute atomic E-state index is 0.191. The van der Waals surface area contributed by atoms with Gasteiger partial charge in [0.15, 0.2) is 0 Å². The van der Waals surface area contributed by atoms with E-state index < -0.39 is 5.97 Å². The van der Waals surface area contributed by atoms with Crippen molar-refractivity contribution >= 4 is 17.3 Å². The van der Waals surface area contributed by atoms with Crippen molar-refractivity contribution in [1.29, 1.82) is 0 Å². The van der Waals surface area contributed by atoms with Gasteiger partial charge in [-0.2, -0.15) is 0 Å². The van der Waals surface area contributed by atoms with E-state index in [4.69, 9.17) is 0 Å². The molecular formula is C13H17NO2S. The number of carbonyl (C=O) groups is 1. The molecule has 92 valence electrons. The molecule has 2 saturated heterocycles. The second-order valence-corrected chi connectivity index (χ2v) is 6.16. The molecule has 1 aromatic rings. The molecule has 3 heterocycles. The molecule has 3 rings (SSSR count). The molecule has 0 amide bonds. The molecule has 0 aromatic carbocycles. The van der Waals surface area contributed by atoms with Crippen LogP contribution >= 0.6 is 11.3 Å². The average molecular weight is 251 g/mol. The summed E-state index contributed by atoms with van der Waals surface area (Å²) < 4.78 is 0. The van der Waals surface area contributed by atoms with Crippen molar-refractivity contribution in [3.05, 3.63) is 22.4 Å². The highest BCUT2D eigenvalue weighted by molar-refractivity contribution is 7.10. The number of hydrogen-bond acceptors (Lipinski definition) is 3. The maximum atomic E-state index is 11.5. The van der Waals surface area contributed by atoms with E-state index in [9.17, 15) is 9.90 Å². The molecular weight excluding hydrogens is 234 g/mol. The predicted octanol–water partition coefficient (Wildman–Crippen LogP) is 2.40. The van der Waals surface area contributed by atoms with Crippen molar-refractivity contribution in [2.75, 3.05) is 7.05 Å². The number of carboxylic acid groups (broad SMARTS) is 1. The third-order valence-corrected chi connectivity index (χ3v) is 5.43. The normalized spacial score (nSPS) is 37.2. The van der Waals surface area contributed by atoms with E-state index in [0.29, 0.717) is 12.1 Å². The quantitative estimate of drug-likeness (QED) is 0.877. The summed E-state index contributed by atoms with van der Waals surface area (Å²) in [5.41, 5.74) is 0. The van der Waals surface area contributed by atoms with Crippen molar-refractivity contribution in [2.45, 2.75) is 37.3 Å². The van der Waals surface area contributed by atoms with Crippen LogP contribution in [-0.2, 0) is 4.79 Å². The number of hydrogen-bond donors (Lipinski definition) is 1. The molecule has 4 heteroatoms. The zero-order chi connectivity index (χ0) is 12.0. The fraction of sp³-hybridized carbons (Fsp3) is 0.615. The van der Waals surface area contributed by atoms with Gasteiger partial charge in [-0.25, -0.2) is 0 Å². The first-order valence-electron chi connectivity index (χ1n) is 6.16. The Labute approximate surface area is 105 Å². The summed E-state index contributed by atoms with van der Waals surface area (Å²) in [6.07, 6.45) is 3.12. The van der Waals surface area contributed by atoms with Crippen molar-refractivity contribution in [3.8, 4) is 0 Å². The number of likely N-dealkylation sites (N-methyl/N-ethyl adjacent to an activating group) is 1. The van der Waals surface area contributed by atoms with Gasteiger partial charge in [0.25, 0.3) is 0 Å². The van der Waals surface area contributed by atoms with E-state index in [1.165, 1.54) is 4.88 Å². The molecule has 2 aliphatic heterocycles. The molecule has 1 N–H and O–H groups in total. The van der Waals surface area contributed by atoms with E-state index in [1.54, 1.807) is 11.3 Å². The zero-order valence-corrected chi connectivity index (χ0v) is 10.7. The first-order valence-corrected chi connectivity index (χ1v) is 7.04. The number of aliphatic carboxylic acids is 1. The molecule has 0 radical (unpaired) electrons. The molecule has 17 heavy (non-hydrogen) atoms. The van der Waals surface area contributed by atoms with Crippen molar-refractivity contribution in [1.82, 2.24) is 4.90 Å². The molecule has 0 aliphatic carbocycles. The molecule has 2 aliphatic rings. The number of piperidine rings is 1. The highest BCUT2D eigenvalue weighted by Crippen LogP contribution is 2.47. The van der Waals surface area contributed by atoms with Crippen LogP contribution in [0.2, 0.25) is 0 Å². The maximum Gasteiger partial charge on any atom is 0.307 e. The lowest BCUT2D eigenvalue weighted by Gasteiger charge is -2.41. The third-order valence-electron chi connectivity index (χ3n) is 4.46. The average Bonchev–Trinajstić information content (AvgIpc) is 2.87. The first kappa shape index (κ1) is 11.2. The van der Waals surface area contributed by atoms with Crippen LogP contribution in [0.3, 0.4) is 0 Å². The van der Waals surface area contributed by atoms with E-state index in [-0.39, 0.29) is 11.8 Å². The Bertz CT molecular complexity index is 417. The SMILES string of the molecule is CN1[C@@H]2CC[C@H]1[C@H](c1cccs1)[C@H](C(=O)O)C2. The summed E-state index contributed by atoms with van der Waals surface area (Å²) in [5, 5.41) is 11.5. The predicted molar refractivity (Wildman–Crippen MR) is 67.4 cm³/mol. The van der Waals surface area contributed by atoms with Gasteiger partial charge < -0.3 is 5.11 Å². The van der Waals surface area contributed by atoms with E-state index in [2.05, 4.69) is 23.4 Å². The van der Waals surface area contributed by atoms with Crippen LogP contribution in [-0.4, -0.2) is 35.1 Å². The smallest absolute Gasteiger partial charge is 0.307 e. The summed E-state index contributed by atoms with van der Waals surface area (Å²) in [7, 11) is 2.15. The van der Waals surface area contributed by atoms with Crippen LogP contribution in [0.1, 0.15) is 30.1 Å². The van der Waals surface area contributed by atoms with E-state index in [1.807, 2.05) is 6.07 Å². The van der Waals surface area contributed by atoms with Gasteiger partial charge in [-0.3, -0.25) is 9.69 Å². The summed E-state index contributed by atoms with van der Waals surface area (Å²) in [6.45, 7) is 0. The van der Waals surface area contributed by atoms with Gasteiger partial charge in [0.05, 0.1) is 5.92 Å². The number of nitrogens with zero attached hydrogens (tertiary/aromatic N) is 1. The Balaban J connectivity index is 1.98. The van der Waals surface area contributed by atoms with Crippen LogP contribution in [0.25, 0.3) is 0 Å². The van der Waals surface area contributed by atoms with Gasteiger partial charge in [0, 0.05) is 22.9 Å². The fourth-order valence-corrected chi connectivity index (χ4v) is 4.54. The first-order chi connectivity index (χ1) is 8.18. The lowest BCUT2D eigenvalue weighted by atomic mass is 9.79. The van der Waals surface area contributed by atoms with E-state index >= 15 is 0 Å². The molecule has 1 aromatic heterocycles. The van der Waals surface area contributed by atoms with E-state index in [0.717, 1.165) is 19.3 Å². The summed E-state index contributed by atoms with van der Waals surface area (Å²) in [4.78, 5) is 15.1. The molecule has 0 saturated carbocycles. The van der Waals surface area contributed by atoms with Crippen LogP contribution in [0.15, 0.2) is 17.5 Å². The highest BCUT2D eigenvalue weighted by atomic mass is 32.1. The summed E-state index contributed by atoms with van der Waals surface area (Å²) >= 11 is 1.70. The minimum Gasteiger partial charge on any atom is -0.481 e. The number of carboxylic acids is 1. The highest BCUT2D eigenvalue weighted by Gasteiger charge is 2.48. The largest absolute Gasteiger partial charge is 0.481 e. The lowest BCUT2D eigenvalue weighted by molar-refractivity contribution is -0.145. The Hall–Kier alpha value is -0.870. The van der Waals surface area contributed by atoms with Gasteiger partial charge in [-0.15, -0.1) is 11.3 Å². The molecule has 0 unspecified atom stereocenters. The van der Waals surface area contributed by atoms with Crippen LogP contribution < -0.4 is 0 Å². The van der Waals surface area contributed by atoms with Gasteiger partial charge in [0.2, 0.25) is 0 Å². The Kier molecular flexibility index (Phi) is 2.71. The second-order valence-electron chi connectivity index (χ2n) is 5.19.